The van der Waals surface area contributed by atoms with Gasteiger partial charge in [-0.1, -0.05) is 12.1 Å². The Hall–Kier alpha value is -3.82. The number of aliphatic hydroxyl groups excluding tert-OH is 2. The number of anilines is 2. The molecule has 9 heteroatoms. The number of carbonyl (C=O) groups is 2. The number of hydrogen-bond donors (Lipinski definition) is 4. The highest BCUT2D eigenvalue weighted by molar-refractivity contribution is 6.03. The van der Waals surface area contributed by atoms with Crippen molar-refractivity contribution in [2.45, 2.75) is 19.1 Å². The second-order valence-corrected chi connectivity index (χ2v) is 7.43. The minimum atomic E-state index is -1.56. The van der Waals surface area contributed by atoms with Crippen LogP contribution in [0.5, 0.6) is 0 Å². The van der Waals surface area contributed by atoms with Crippen molar-refractivity contribution in [3.8, 4) is 0 Å². The number of hydrogen-bond acceptors (Lipinski definition) is 7. The van der Waals surface area contributed by atoms with Crippen molar-refractivity contribution in [1.82, 2.24) is 4.98 Å². The zero-order valence-corrected chi connectivity index (χ0v) is 17.2. The molecule has 1 aliphatic heterocycles. The molecule has 9 nitrogen and oxygen atoms in total. The molecule has 1 aromatic heterocycles. The fourth-order valence-electron chi connectivity index (χ4n) is 3.62. The number of fused-ring (bicyclic) bond motifs is 2. The van der Waals surface area contributed by atoms with Gasteiger partial charge in [-0.25, -0.2) is 0 Å². The van der Waals surface area contributed by atoms with Gasteiger partial charge in [0.25, 0.3) is 5.91 Å². The molecule has 0 saturated carbocycles. The number of nitrogens with zero attached hydrogens (tertiary/aromatic N) is 3. The van der Waals surface area contributed by atoms with E-state index in [1.807, 2.05) is 18.2 Å². The van der Waals surface area contributed by atoms with Gasteiger partial charge in [-0.15, -0.1) is 0 Å². The van der Waals surface area contributed by atoms with Crippen molar-refractivity contribution >= 4 is 39.9 Å². The number of aromatic nitrogens is 1. The first kappa shape index (κ1) is 21.4. The number of pyridine rings is 1. The first-order valence-electron chi connectivity index (χ1n) is 10.1. The number of nitrogens with one attached hydrogen (secondary N) is 1. The van der Waals surface area contributed by atoms with Crippen LogP contribution in [0.4, 0.5) is 11.4 Å². The summed E-state index contributed by atoms with van der Waals surface area (Å²) in [6, 6.07) is 14.2. The number of rotatable bonds is 7. The Morgan fingerprint density at radius 2 is 2.03 bits per heavy atom. The number of aliphatic hydroxyl groups is 2. The largest absolute Gasteiger partial charge is 0.395 e. The third-order valence-electron chi connectivity index (χ3n) is 5.26. The van der Waals surface area contributed by atoms with Gasteiger partial charge in [-0.2, -0.15) is 0 Å². The molecule has 4 rings (SSSR count). The van der Waals surface area contributed by atoms with E-state index in [9.17, 15) is 19.8 Å². The highest BCUT2D eigenvalue weighted by atomic mass is 16.3. The topological polar surface area (TPSA) is 141 Å². The lowest BCUT2D eigenvalue weighted by Crippen LogP contribution is -2.39. The summed E-state index contributed by atoms with van der Waals surface area (Å²) < 4.78 is 0. The Bertz CT molecular complexity index is 1210. The highest BCUT2D eigenvalue weighted by Gasteiger charge is 2.24. The molecule has 0 fully saturated rings. The summed E-state index contributed by atoms with van der Waals surface area (Å²) in [6.07, 6.45) is -0.345. The number of carbonyl (C=O) groups excluding carboxylic acids is 2. The second-order valence-electron chi connectivity index (χ2n) is 7.43. The normalized spacial score (nSPS) is 13.4. The summed E-state index contributed by atoms with van der Waals surface area (Å²) in [7, 11) is 0. The van der Waals surface area contributed by atoms with Crippen molar-refractivity contribution in [3.63, 3.8) is 0 Å². The molecule has 2 heterocycles. The second kappa shape index (κ2) is 9.13. The van der Waals surface area contributed by atoms with Gasteiger partial charge in [0, 0.05) is 35.1 Å². The van der Waals surface area contributed by atoms with E-state index in [2.05, 4.69) is 15.3 Å². The van der Waals surface area contributed by atoms with Crippen molar-refractivity contribution in [2.24, 2.45) is 10.7 Å². The van der Waals surface area contributed by atoms with E-state index in [-0.39, 0.29) is 13.2 Å². The number of aliphatic imine (C=N–C) groups is 1. The van der Waals surface area contributed by atoms with E-state index < -0.39 is 24.3 Å². The van der Waals surface area contributed by atoms with Crippen LogP contribution >= 0.6 is 0 Å². The maximum absolute atomic E-state index is 12.9. The molecule has 0 saturated heterocycles. The Labute approximate surface area is 184 Å². The average molecular weight is 433 g/mol. The van der Waals surface area contributed by atoms with Crippen LogP contribution in [0, 0.1) is 0 Å². The van der Waals surface area contributed by atoms with Gasteiger partial charge in [-0.3, -0.25) is 19.6 Å². The van der Waals surface area contributed by atoms with E-state index in [1.54, 1.807) is 36.5 Å². The van der Waals surface area contributed by atoms with Crippen molar-refractivity contribution in [3.05, 3.63) is 65.9 Å². The smallest absolute Gasteiger partial charge is 0.253 e. The molecule has 164 valence electrons. The lowest BCUT2D eigenvalue weighted by Gasteiger charge is -2.23. The zero-order valence-electron chi connectivity index (χ0n) is 17.2. The van der Waals surface area contributed by atoms with E-state index >= 15 is 0 Å². The SMILES string of the molecule is NC1=NCc2cc(NC(=O)[C@H](O)CC(=O)N(CCO)c3ccc4cccnc4c3)ccc21. The van der Waals surface area contributed by atoms with E-state index in [0.29, 0.717) is 29.3 Å². The number of benzene rings is 2. The summed E-state index contributed by atoms with van der Waals surface area (Å²) in [4.78, 5) is 35.1. The van der Waals surface area contributed by atoms with Crippen LogP contribution in [0.3, 0.4) is 0 Å². The fraction of sp³-hybridized carbons (Fsp3) is 0.217. The van der Waals surface area contributed by atoms with Crippen LogP contribution in [0.2, 0.25) is 0 Å². The maximum atomic E-state index is 12.9. The predicted molar refractivity (Wildman–Crippen MR) is 121 cm³/mol. The molecule has 0 aliphatic carbocycles. The molecule has 32 heavy (non-hydrogen) atoms. The molecular formula is C23H23N5O4. The molecule has 1 aliphatic rings. The van der Waals surface area contributed by atoms with Gasteiger partial charge < -0.3 is 26.2 Å². The Balaban J connectivity index is 1.44. The summed E-state index contributed by atoms with van der Waals surface area (Å²) >= 11 is 0. The molecule has 1 atom stereocenters. The summed E-state index contributed by atoms with van der Waals surface area (Å²) in [5, 5.41) is 23.3. The van der Waals surface area contributed by atoms with Crippen molar-refractivity contribution in [1.29, 1.82) is 0 Å². The average Bonchev–Trinajstić information content (AvgIpc) is 3.17. The van der Waals surface area contributed by atoms with Crippen LogP contribution in [-0.2, 0) is 16.1 Å². The van der Waals surface area contributed by atoms with E-state index in [1.165, 1.54) is 4.90 Å². The summed E-state index contributed by atoms with van der Waals surface area (Å²) in [6.45, 7) is 0.190. The molecule has 3 aromatic rings. The maximum Gasteiger partial charge on any atom is 0.253 e. The molecule has 0 radical (unpaired) electrons. The van der Waals surface area contributed by atoms with Gasteiger partial charge in [0.05, 0.1) is 25.1 Å². The van der Waals surface area contributed by atoms with Crippen molar-refractivity contribution in [2.75, 3.05) is 23.4 Å². The monoisotopic (exact) mass is 433 g/mol. The van der Waals surface area contributed by atoms with E-state index in [4.69, 9.17) is 5.73 Å². The number of amidine groups is 1. The van der Waals surface area contributed by atoms with Crippen LogP contribution in [0.15, 0.2) is 59.7 Å². The molecule has 0 bridgehead atoms. The Morgan fingerprint density at radius 3 is 2.84 bits per heavy atom. The summed E-state index contributed by atoms with van der Waals surface area (Å²) in [5.74, 6) is -0.738. The van der Waals surface area contributed by atoms with Gasteiger partial charge in [-0.05, 0) is 42.0 Å². The fourth-order valence-corrected chi connectivity index (χ4v) is 3.62. The summed E-state index contributed by atoms with van der Waals surface area (Å²) in [5.41, 5.74) is 9.20. The van der Waals surface area contributed by atoms with Crippen LogP contribution in [0.1, 0.15) is 17.5 Å². The molecule has 0 spiro atoms. The lowest BCUT2D eigenvalue weighted by molar-refractivity contribution is -0.129. The van der Waals surface area contributed by atoms with Crippen LogP contribution in [-0.4, -0.2) is 52.1 Å². The first-order valence-corrected chi connectivity index (χ1v) is 10.1. The first-order chi connectivity index (χ1) is 15.5. The van der Waals surface area contributed by atoms with Gasteiger partial charge >= 0.3 is 0 Å². The molecule has 2 amide bonds. The van der Waals surface area contributed by atoms with E-state index in [0.717, 1.165) is 16.5 Å². The third-order valence-corrected chi connectivity index (χ3v) is 5.26. The van der Waals surface area contributed by atoms with Crippen molar-refractivity contribution < 1.29 is 19.8 Å². The molecule has 2 aromatic carbocycles. The Kier molecular flexibility index (Phi) is 6.11. The highest BCUT2D eigenvalue weighted by Crippen LogP contribution is 2.23. The quantitative estimate of drug-likeness (QED) is 0.441. The zero-order chi connectivity index (χ0) is 22.7. The molecule has 5 N–H and O–H groups in total. The predicted octanol–water partition coefficient (Wildman–Crippen LogP) is 1.17. The van der Waals surface area contributed by atoms with Crippen LogP contribution < -0.4 is 16.0 Å². The van der Waals surface area contributed by atoms with Gasteiger partial charge in [0.2, 0.25) is 5.91 Å². The molecule has 0 unspecified atom stereocenters. The lowest BCUT2D eigenvalue weighted by atomic mass is 10.1. The number of nitrogens with two attached hydrogens (primary N) is 1. The van der Waals surface area contributed by atoms with Crippen LogP contribution in [0.25, 0.3) is 10.9 Å². The minimum absolute atomic E-state index is 0.0256. The van der Waals surface area contributed by atoms with Gasteiger partial charge in [0.1, 0.15) is 11.9 Å². The minimum Gasteiger partial charge on any atom is -0.395 e. The third kappa shape index (κ3) is 4.43. The Morgan fingerprint density at radius 1 is 1.19 bits per heavy atom. The standard InChI is InChI=1S/C23H23N5O4/c24-22-18-6-4-16(10-15(18)13-26-22)27-23(32)20(30)12-21(31)28(8-9-29)17-5-3-14-2-1-7-25-19(14)11-17/h1-7,10-11,20,29-30H,8-9,12-13H2,(H2,24,26)(H,27,32)/t20-/m1/s1. The molecular weight excluding hydrogens is 410 g/mol. The van der Waals surface area contributed by atoms with Gasteiger partial charge in [0.15, 0.2) is 0 Å². The number of amides is 2.